The van der Waals surface area contributed by atoms with Crippen molar-refractivity contribution in [3.8, 4) is 16.9 Å². The van der Waals surface area contributed by atoms with Crippen LogP contribution >= 0.6 is 0 Å². The SMILES string of the molecule is Cn1cc(-c2c3oc4c(O)c(=O)ccc4c3[nH]c3c2c(=O)[nH]n3C2CCCCCC2)cn1. The molecule has 0 atom stereocenters. The number of aryl methyl sites for hydroxylation is 1. The van der Waals surface area contributed by atoms with Crippen molar-refractivity contribution in [1.82, 2.24) is 24.5 Å². The van der Waals surface area contributed by atoms with Crippen LogP contribution < -0.4 is 11.0 Å². The summed E-state index contributed by atoms with van der Waals surface area (Å²) < 4.78 is 9.64. The topological polar surface area (TPSA) is 122 Å². The first-order valence-electron chi connectivity index (χ1n) is 11.0. The van der Waals surface area contributed by atoms with E-state index in [4.69, 9.17) is 4.42 Å². The summed E-state index contributed by atoms with van der Waals surface area (Å²) in [6, 6.07) is 3.15. The number of phenolic OH excluding ortho intramolecular Hbond substituents is 1. The van der Waals surface area contributed by atoms with Gasteiger partial charge in [0.15, 0.2) is 11.2 Å². The zero-order chi connectivity index (χ0) is 22.0. The lowest BCUT2D eigenvalue weighted by Crippen LogP contribution is -2.13. The van der Waals surface area contributed by atoms with Crippen LogP contribution in [0.4, 0.5) is 0 Å². The Kier molecular flexibility index (Phi) is 4.08. The third-order valence-electron chi connectivity index (χ3n) is 6.63. The molecule has 9 nitrogen and oxygen atoms in total. The van der Waals surface area contributed by atoms with E-state index >= 15 is 0 Å². The van der Waals surface area contributed by atoms with Gasteiger partial charge in [0.1, 0.15) is 5.65 Å². The fourth-order valence-corrected chi connectivity index (χ4v) is 5.08. The summed E-state index contributed by atoms with van der Waals surface area (Å²) in [7, 11) is 1.81. The molecule has 4 heterocycles. The molecule has 0 saturated heterocycles. The molecule has 0 amide bonds. The maximum absolute atomic E-state index is 13.2. The molecule has 0 aliphatic heterocycles. The number of nitrogens with zero attached hydrogens (tertiary/aromatic N) is 3. The van der Waals surface area contributed by atoms with E-state index in [0.717, 1.165) is 31.2 Å². The number of pyridine rings is 1. The number of benzene rings is 1. The number of hydrogen-bond acceptors (Lipinski definition) is 5. The van der Waals surface area contributed by atoms with E-state index in [1.54, 1.807) is 16.9 Å². The van der Waals surface area contributed by atoms with E-state index in [-0.39, 0.29) is 17.2 Å². The van der Waals surface area contributed by atoms with E-state index in [0.29, 0.717) is 33.1 Å². The van der Waals surface area contributed by atoms with Crippen LogP contribution in [0.15, 0.2) is 38.5 Å². The summed E-state index contributed by atoms with van der Waals surface area (Å²) >= 11 is 0. The number of H-pyrrole nitrogens is 2. The number of fused-ring (bicyclic) bond motifs is 4. The smallest absolute Gasteiger partial charge is 0.274 e. The van der Waals surface area contributed by atoms with Gasteiger partial charge in [-0.2, -0.15) is 5.10 Å². The van der Waals surface area contributed by atoms with Gasteiger partial charge >= 0.3 is 0 Å². The molecule has 1 aliphatic rings. The van der Waals surface area contributed by atoms with Crippen LogP contribution in [0.2, 0.25) is 0 Å². The van der Waals surface area contributed by atoms with Gasteiger partial charge in [-0.1, -0.05) is 25.7 Å². The number of nitrogens with one attached hydrogen (secondary N) is 2. The highest BCUT2D eigenvalue weighted by Crippen LogP contribution is 2.40. The zero-order valence-corrected chi connectivity index (χ0v) is 17.6. The van der Waals surface area contributed by atoms with E-state index in [9.17, 15) is 14.7 Å². The van der Waals surface area contributed by atoms with Crippen LogP contribution in [0.5, 0.6) is 5.75 Å². The maximum Gasteiger partial charge on any atom is 0.274 e. The molecular weight excluding hydrogens is 410 g/mol. The Bertz CT molecular complexity index is 1600. The highest BCUT2D eigenvalue weighted by atomic mass is 16.4. The number of aromatic hydroxyl groups is 1. The monoisotopic (exact) mass is 433 g/mol. The highest BCUT2D eigenvalue weighted by molar-refractivity contribution is 6.15. The van der Waals surface area contributed by atoms with Crippen molar-refractivity contribution in [1.29, 1.82) is 0 Å². The minimum Gasteiger partial charge on any atom is -0.502 e. The third kappa shape index (κ3) is 2.66. The molecule has 0 spiro atoms. The Balaban J connectivity index is 1.77. The second kappa shape index (κ2) is 6.88. The van der Waals surface area contributed by atoms with Crippen molar-refractivity contribution in [2.75, 3.05) is 0 Å². The number of hydrogen-bond donors (Lipinski definition) is 3. The lowest BCUT2D eigenvalue weighted by molar-refractivity contribution is 0.413. The first kappa shape index (κ1) is 19.0. The van der Waals surface area contributed by atoms with Crippen molar-refractivity contribution in [2.24, 2.45) is 7.05 Å². The molecule has 164 valence electrons. The van der Waals surface area contributed by atoms with Crippen LogP contribution in [0.3, 0.4) is 0 Å². The number of furan rings is 1. The van der Waals surface area contributed by atoms with Gasteiger partial charge in [0, 0.05) is 29.8 Å². The van der Waals surface area contributed by atoms with Gasteiger partial charge in [0.25, 0.3) is 5.56 Å². The van der Waals surface area contributed by atoms with Crippen molar-refractivity contribution in [3.05, 3.63) is 45.1 Å². The van der Waals surface area contributed by atoms with Gasteiger partial charge in [-0.05, 0) is 25.0 Å². The first-order valence-corrected chi connectivity index (χ1v) is 11.0. The summed E-state index contributed by atoms with van der Waals surface area (Å²) in [4.78, 5) is 28.7. The fourth-order valence-electron chi connectivity index (χ4n) is 5.08. The van der Waals surface area contributed by atoms with Gasteiger partial charge in [-0.15, -0.1) is 0 Å². The summed E-state index contributed by atoms with van der Waals surface area (Å²) in [6.45, 7) is 0. The van der Waals surface area contributed by atoms with E-state index in [1.807, 2.05) is 17.9 Å². The fraction of sp³-hybridized carbons (Fsp3) is 0.348. The Morgan fingerprint density at radius 1 is 1.12 bits per heavy atom. The Morgan fingerprint density at radius 3 is 2.62 bits per heavy atom. The number of aromatic amines is 2. The number of aromatic nitrogens is 5. The predicted molar refractivity (Wildman–Crippen MR) is 121 cm³/mol. The van der Waals surface area contributed by atoms with Crippen molar-refractivity contribution in [2.45, 2.75) is 44.6 Å². The van der Waals surface area contributed by atoms with Gasteiger partial charge in [-0.3, -0.25) is 24.1 Å². The Morgan fingerprint density at radius 2 is 1.91 bits per heavy atom. The van der Waals surface area contributed by atoms with Crippen LogP contribution in [0.1, 0.15) is 44.6 Å². The molecule has 1 saturated carbocycles. The van der Waals surface area contributed by atoms with Gasteiger partial charge in [-0.25, -0.2) is 0 Å². The number of rotatable bonds is 2. The second-order valence-electron chi connectivity index (χ2n) is 8.68. The molecule has 0 unspecified atom stereocenters. The summed E-state index contributed by atoms with van der Waals surface area (Å²) in [5.41, 5.74) is 2.43. The number of phenols is 1. The lowest BCUT2D eigenvalue weighted by Gasteiger charge is -2.17. The standard InChI is InChI=1S/C23H23N5O4/c1-27-11-12(10-24-27)16-17-22(28(26-23(17)31)13-6-4-2-3-5-7-13)25-18-14-8-9-15(29)19(30)20(14)32-21(16)18/h8-11,13,25,30H,2-7H2,1H3,(H,26,31). The average molecular weight is 433 g/mol. The summed E-state index contributed by atoms with van der Waals surface area (Å²) in [5, 5.41) is 18.8. The molecule has 1 fully saturated rings. The van der Waals surface area contributed by atoms with Gasteiger partial charge in [0.2, 0.25) is 11.2 Å². The molecule has 5 aromatic rings. The molecule has 0 bridgehead atoms. The van der Waals surface area contributed by atoms with Crippen molar-refractivity contribution in [3.63, 3.8) is 0 Å². The van der Waals surface area contributed by atoms with Gasteiger partial charge in [0.05, 0.1) is 23.1 Å². The largest absolute Gasteiger partial charge is 0.502 e. The molecular formula is C23H23N5O4. The molecule has 1 aromatic carbocycles. The molecule has 1 aliphatic carbocycles. The summed E-state index contributed by atoms with van der Waals surface area (Å²) in [5.74, 6) is -0.436. The predicted octanol–water partition coefficient (Wildman–Crippen LogP) is 3.92. The lowest BCUT2D eigenvalue weighted by atomic mass is 10.0. The molecule has 4 aromatic heterocycles. The zero-order valence-electron chi connectivity index (χ0n) is 17.6. The normalized spacial score (nSPS) is 15.8. The van der Waals surface area contributed by atoms with Crippen molar-refractivity contribution >= 4 is 33.1 Å². The minimum absolute atomic E-state index is 0.110. The van der Waals surface area contributed by atoms with Crippen LogP contribution in [0, 0.1) is 0 Å². The van der Waals surface area contributed by atoms with Gasteiger partial charge < -0.3 is 14.5 Å². The Labute approximate surface area is 181 Å². The average Bonchev–Trinajstić information content (AvgIpc) is 3.39. The first-order chi connectivity index (χ1) is 15.5. The second-order valence-corrected chi connectivity index (χ2v) is 8.68. The van der Waals surface area contributed by atoms with Crippen LogP contribution in [-0.4, -0.2) is 29.7 Å². The van der Waals surface area contributed by atoms with E-state index in [2.05, 4.69) is 15.2 Å². The van der Waals surface area contributed by atoms with E-state index < -0.39 is 11.2 Å². The molecule has 3 N–H and O–H groups in total. The minimum atomic E-state index is -0.509. The highest BCUT2D eigenvalue weighted by Gasteiger charge is 2.26. The van der Waals surface area contributed by atoms with E-state index in [1.165, 1.54) is 18.9 Å². The Hall–Kier alpha value is -3.75. The molecule has 9 heteroatoms. The maximum atomic E-state index is 13.2. The molecule has 6 rings (SSSR count). The van der Waals surface area contributed by atoms with Crippen molar-refractivity contribution < 1.29 is 9.52 Å². The molecule has 32 heavy (non-hydrogen) atoms. The van der Waals surface area contributed by atoms with Crippen LogP contribution in [-0.2, 0) is 7.05 Å². The quantitative estimate of drug-likeness (QED) is 0.364. The molecule has 0 radical (unpaired) electrons. The van der Waals surface area contributed by atoms with Crippen LogP contribution in [0.25, 0.3) is 44.2 Å². The summed E-state index contributed by atoms with van der Waals surface area (Å²) in [6.07, 6.45) is 10.2. The third-order valence-corrected chi connectivity index (χ3v) is 6.63.